The zero-order valence-corrected chi connectivity index (χ0v) is 31.5. The monoisotopic (exact) mass is 754 g/mol. The van der Waals surface area contributed by atoms with Gasteiger partial charge in [0.2, 0.25) is 35.4 Å². The lowest BCUT2D eigenvalue weighted by atomic mass is 9.98. The normalized spacial score (nSPS) is 22.9. The number of primary amides is 1. The van der Waals surface area contributed by atoms with Crippen LogP contribution in [0.2, 0.25) is 0 Å². The Hall–Kier alpha value is -4.24. The van der Waals surface area contributed by atoms with Crippen LogP contribution in [0.3, 0.4) is 0 Å². The lowest BCUT2D eigenvalue weighted by molar-refractivity contribution is -0.134. The third-order valence-electron chi connectivity index (χ3n) is 11.3. The van der Waals surface area contributed by atoms with Crippen LogP contribution in [-0.2, 0) is 35.2 Å². The highest BCUT2D eigenvalue weighted by Crippen LogP contribution is 2.29. The second-order valence-electron chi connectivity index (χ2n) is 15.3. The van der Waals surface area contributed by atoms with E-state index in [1.807, 2.05) is 0 Å². The minimum Gasteiger partial charge on any atom is -0.508 e. The number of amides is 6. The van der Waals surface area contributed by atoms with E-state index in [1.165, 1.54) is 12.1 Å². The molecule has 54 heavy (non-hydrogen) atoms. The van der Waals surface area contributed by atoms with Crippen LogP contribution in [-0.4, -0.2) is 83.8 Å². The van der Waals surface area contributed by atoms with Crippen LogP contribution in [0.4, 0.5) is 0 Å². The highest BCUT2D eigenvalue weighted by molar-refractivity contribution is 5.92. The molecular formula is C39H62N8O7. The summed E-state index contributed by atoms with van der Waals surface area (Å²) in [6.07, 6.45) is 10.8. The van der Waals surface area contributed by atoms with E-state index in [0.717, 1.165) is 32.1 Å². The van der Waals surface area contributed by atoms with Gasteiger partial charge < -0.3 is 48.9 Å². The molecule has 0 aromatic heterocycles. The van der Waals surface area contributed by atoms with Crippen LogP contribution in [0.15, 0.2) is 24.3 Å². The Bertz CT molecular complexity index is 1420. The van der Waals surface area contributed by atoms with Gasteiger partial charge in [0.1, 0.15) is 23.9 Å². The van der Waals surface area contributed by atoms with Gasteiger partial charge in [0.25, 0.3) is 0 Å². The number of nitrogens with two attached hydrogens (primary N) is 3. The first-order chi connectivity index (χ1) is 26.0. The molecule has 1 aromatic carbocycles. The Labute approximate surface area is 318 Å². The molecule has 15 heteroatoms. The molecule has 0 saturated heterocycles. The van der Waals surface area contributed by atoms with Crippen molar-refractivity contribution in [2.24, 2.45) is 35.0 Å². The van der Waals surface area contributed by atoms with Gasteiger partial charge in [-0.3, -0.25) is 28.8 Å². The van der Waals surface area contributed by atoms with E-state index in [4.69, 9.17) is 17.2 Å². The fourth-order valence-corrected chi connectivity index (χ4v) is 8.11. The molecule has 0 aliphatic heterocycles. The summed E-state index contributed by atoms with van der Waals surface area (Å²) < 4.78 is 0. The number of rotatable bonds is 21. The zero-order valence-electron chi connectivity index (χ0n) is 31.5. The minimum atomic E-state index is -1.02. The van der Waals surface area contributed by atoms with Gasteiger partial charge in [0.15, 0.2) is 0 Å². The lowest BCUT2D eigenvalue weighted by Gasteiger charge is -2.28. The van der Waals surface area contributed by atoms with E-state index in [1.54, 1.807) is 12.1 Å². The summed E-state index contributed by atoms with van der Waals surface area (Å²) in [6, 6.07) is 2.75. The number of benzene rings is 1. The third-order valence-corrected chi connectivity index (χ3v) is 11.3. The number of aromatic hydroxyl groups is 1. The highest BCUT2D eigenvalue weighted by atomic mass is 16.3. The van der Waals surface area contributed by atoms with Crippen molar-refractivity contribution >= 4 is 35.4 Å². The van der Waals surface area contributed by atoms with Crippen molar-refractivity contribution in [1.29, 1.82) is 0 Å². The predicted octanol–water partition coefficient (Wildman–Crippen LogP) is 0.892. The Balaban J connectivity index is 1.43. The summed E-state index contributed by atoms with van der Waals surface area (Å²) >= 11 is 0. The van der Waals surface area contributed by atoms with E-state index < -0.39 is 53.9 Å². The van der Waals surface area contributed by atoms with Crippen LogP contribution in [0.1, 0.15) is 108 Å². The standard InChI is InChI=1S/C39H62N8O7/c40-21-5-3-13-31(34(42)49)45-36(51)27-11-7-16-30(27)44-39(54)33(23-24-17-19-26(48)20-18-24)47-37(52)28-12-8-15-29(28)43-38(53)32(14-4-6-22-41)46-35(50)25-9-1-2-10-25/h17-20,25,27-33,48H,1-16,21-23,40-41H2,(H2,42,49)(H,43,53)(H,44,54)(H,45,51)(H,46,50)(H,47,52)/t27-,28-,29-,30-,31+,32+,33+/m0/s1. The molecule has 3 aliphatic carbocycles. The molecule has 1 aromatic rings. The number of carbonyl (C=O) groups is 6. The molecule has 7 atom stereocenters. The molecule has 4 rings (SSSR count). The third kappa shape index (κ3) is 12.7. The van der Waals surface area contributed by atoms with Crippen LogP contribution >= 0.6 is 0 Å². The van der Waals surface area contributed by atoms with Crippen molar-refractivity contribution in [3.8, 4) is 5.75 Å². The van der Waals surface area contributed by atoms with Gasteiger partial charge >= 0.3 is 0 Å². The molecule has 12 N–H and O–H groups in total. The van der Waals surface area contributed by atoms with Crippen molar-refractivity contribution in [2.45, 2.75) is 139 Å². The fraction of sp³-hybridized carbons (Fsp3) is 0.692. The first kappa shape index (κ1) is 42.5. The Morgan fingerprint density at radius 2 is 1.09 bits per heavy atom. The number of nitrogens with one attached hydrogen (secondary N) is 5. The number of unbranched alkanes of at least 4 members (excludes halogenated alkanes) is 2. The van der Waals surface area contributed by atoms with E-state index in [0.29, 0.717) is 89.3 Å². The molecule has 6 amide bonds. The van der Waals surface area contributed by atoms with Gasteiger partial charge in [-0.1, -0.05) is 37.8 Å². The van der Waals surface area contributed by atoms with Crippen molar-refractivity contribution in [2.75, 3.05) is 13.1 Å². The number of carbonyl (C=O) groups excluding carboxylic acids is 6. The predicted molar refractivity (Wildman–Crippen MR) is 203 cm³/mol. The van der Waals surface area contributed by atoms with Gasteiger partial charge in [0.05, 0.1) is 11.8 Å². The molecule has 15 nitrogen and oxygen atoms in total. The van der Waals surface area contributed by atoms with Crippen LogP contribution < -0.4 is 43.8 Å². The van der Waals surface area contributed by atoms with Crippen molar-refractivity contribution in [3.05, 3.63) is 29.8 Å². The van der Waals surface area contributed by atoms with Gasteiger partial charge in [0, 0.05) is 24.4 Å². The molecule has 3 saturated carbocycles. The maximum absolute atomic E-state index is 14.0. The van der Waals surface area contributed by atoms with E-state index in [9.17, 15) is 33.9 Å². The van der Waals surface area contributed by atoms with Crippen molar-refractivity contribution in [3.63, 3.8) is 0 Å². The summed E-state index contributed by atoms with van der Waals surface area (Å²) in [5.74, 6) is -3.50. The summed E-state index contributed by atoms with van der Waals surface area (Å²) in [5, 5.41) is 24.6. The first-order valence-electron chi connectivity index (χ1n) is 20.0. The SMILES string of the molecule is NCCCC[C@@H](NC(=O)[C@H]1CCC[C@@H]1NC(=O)[C@@H](Cc1ccc(O)cc1)NC(=O)[C@H]1CCC[C@@H]1NC(=O)[C@@H](CCCCN)NC(=O)C1CCCC1)C(N)=O. The van der Waals surface area contributed by atoms with Crippen LogP contribution in [0.25, 0.3) is 0 Å². The number of phenolic OH excluding ortho intramolecular Hbond substituents is 1. The Morgan fingerprint density at radius 3 is 1.61 bits per heavy atom. The fourth-order valence-electron chi connectivity index (χ4n) is 8.11. The smallest absolute Gasteiger partial charge is 0.243 e. The second kappa shape index (κ2) is 21.6. The second-order valence-corrected chi connectivity index (χ2v) is 15.3. The molecule has 0 bridgehead atoms. The molecule has 0 unspecified atom stereocenters. The molecule has 3 fully saturated rings. The van der Waals surface area contributed by atoms with E-state index in [2.05, 4.69) is 26.6 Å². The number of phenols is 1. The maximum atomic E-state index is 14.0. The van der Waals surface area contributed by atoms with Gasteiger partial charge in [-0.25, -0.2) is 0 Å². The summed E-state index contributed by atoms with van der Waals surface area (Å²) in [6.45, 7) is 0.943. The molecule has 0 spiro atoms. The topological polar surface area (TPSA) is 261 Å². The number of hydrogen-bond acceptors (Lipinski definition) is 9. The van der Waals surface area contributed by atoms with Gasteiger partial charge in [-0.15, -0.1) is 0 Å². The summed E-state index contributed by atoms with van der Waals surface area (Å²) in [7, 11) is 0. The minimum absolute atomic E-state index is 0.0613. The van der Waals surface area contributed by atoms with E-state index in [-0.39, 0.29) is 41.7 Å². The largest absolute Gasteiger partial charge is 0.508 e. The van der Waals surface area contributed by atoms with Crippen molar-refractivity contribution < 1.29 is 33.9 Å². The van der Waals surface area contributed by atoms with Gasteiger partial charge in [-0.05, 0) is 108 Å². The average molecular weight is 755 g/mol. The number of hydrogen-bond donors (Lipinski definition) is 9. The summed E-state index contributed by atoms with van der Waals surface area (Å²) in [5.41, 5.74) is 17.5. The first-order valence-corrected chi connectivity index (χ1v) is 20.0. The van der Waals surface area contributed by atoms with E-state index >= 15 is 0 Å². The van der Waals surface area contributed by atoms with Crippen molar-refractivity contribution in [1.82, 2.24) is 26.6 Å². The maximum Gasteiger partial charge on any atom is 0.243 e. The molecule has 3 aliphatic rings. The molecule has 0 heterocycles. The lowest BCUT2D eigenvalue weighted by Crippen LogP contribution is -2.56. The Morgan fingerprint density at radius 1 is 0.611 bits per heavy atom. The van der Waals surface area contributed by atoms with Crippen LogP contribution in [0.5, 0.6) is 5.75 Å². The van der Waals surface area contributed by atoms with Gasteiger partial charge in [-0.2, -0.15) is 0 Å². The highest BCUT2D eigenvalue weighted by Gasteiger charge is 2.40. The quantitative estimate of drug-likeness (QED) is 0.0807. The Kier molecular flexibility index (Phi) is 17.0. The summed E-state index contributed by atoms with van der Waals surface area (Å²) in [4.78, 5) is 79.9. The molecule has 0 radical (unpaired) electrons. The zero-order chi connectivity index (χ0) is 39.0. The average Bonchev–Trinajstić information content (AvgIpc) is 3.95. The van der Waals surface area contributed by atoms with Crippen LogP contribution in [0, 0.1) is 17.8 Å². The molecule has 300 valence electrons. The molecular weight excluding hydrogens is 692 g/mol.